The number of nitrogens with zero attached hydrogens (tertiary/aromatic N) is 2. The molecule has 3 amide bonds. The molecular weight excluding hydrogens is 406 g/mol. The summed E-state index contributed by atoms with van der Waals surface area (Å²) in [6, 6.07) is 11.5. The standard InChI is InChI=1S/C25H29N3O4/c29-23(7-6-19-4-2-1-3-5-19)27-13-8-20(9-14-27)24(30)26-22-10-15-28(16-11-22)25(31)21-12-17-32-18-21/h1-7,12,17-18,20,22H,8-11,13-16H2,(H,26,30). The first-order valence-electron chi connectivity index (χ1n) is 11.2. The van der Waals surface area contributed by atoms with Crippen molar-refractivity contribution < 1.29 is 18.8 Å². The topological polar surface area (TPSA) is 82.9 Å². The zero-order valence-electron chi connectivity index (χ0n) is 18.1. The fourth-order valence-electron chi connectivity index (χ4n) is 4.31. The zero-order valence-corrected chi connectivity index (χ0v) is 18.1. The molecule has 0 aliphatic carbocycles. The van der Waals surface area contributed by atoms with Gasteiger partial charge in [0.25, 0.3) is 5.91 Å². The molecule has 4 rings (SSSR count). The van der Waals surface area contributed by atoms with Crippen molar-refractivity contribution in [2.45, 2.75) is 31.7 Å². The van der Waals surface area contributed by atoms with Gasteiger partial charge in [-0.25, -0.2) is 0 Å². The Hall–Kier alpha value is -3.35. The molecular formula is C25H29N3O4. The summed E-state index contributed by atoms with van der Waals surface area (Å²) in [5.41, 5.74) is 1.56. The van der Waals surface area contributed by atoms with Gasteiger partial charge in [-0.2, -0.15) is 0 Å². The van der Waals surface area contributed by atoms with Crippen molar-refractivity contribution in [3.8, 4) is 0 Å². The van der Waals surface area contributed by atoms with Crippen LogP contribution >= 0.6 is 0 Å². The molecule has 0 spiro atoms. The Balaban J connectivity index is 1.18. The van der Waals surface area contributed by atoms with Crippen molar-refractivity contribution >= 4 is 23.8 Å². The molecule has 1 aromatic carbocycles. The molecule has 2 aliphatic rings. The molecule has 2 fully saturated rings. The highest BCUT2D eigenvalue weighted by Crippen LogP contribution is 2.20. The van der Waals surface area contributed by atoms with Crippen molar-refractivity contribution in [1.29, 1.82) is 0 Å². The van der Waals surface area contributed by atoms with Crippen LogP contribution in [0, 0.1) is 5.92 Å². The maximum absolute atomic E-state index is 12.7. The molecule has 7 heteroatoms. The number of likely N-dealkylation sites (tertiary alicyclic amines) is 2. The zero-order chi connectivity index (χ0) is 22.3. The average molecular weight is 436 g/mol. The molecule has 168 valence electrons. The summed E-state index contributed by atoms with van der Waals surface area (Å²) < 4.78 is 4.99. The molecule has 1 aromatic heterocycles. The van der Waals surface area contributed by atoms with E-state index in [9.17, 15) is 14.4 Å². The Morgan fingerprint density at radius 3 is 2.25 bits per heavy atom. The Morgan fingerprint density at radius 1 is 0.906 bits per heavy atom. The number of hydrogen-bond donors (Lipinski definition) is 1. The monoisotopic (exact) mass is 435 g/mol. The second-order valence-electron chi connectivity index (χ2n) is 8.43. The first-order chi connectivity index (χ1) is 15.6. The molecule has 0 saturated carbocycles. The van der Waals surface area contributed by atoms with Gasteiger partial charge in [-0.15, -0.1) is 0 Å². The normalized spacial score (nSPS) is 18.1. The van der Waals surface area contributed by atoms with Gasteiger partial charge < -0.3 is 19.5 Å². The lowest BCUT2D eigenvalue weighted by atomic mass is 9.94. The molecule has 2 aromatic rings. The predicted octanol–water partition coefficient (Wildman–Crippen LogP) is 2.95. The van der Waals surface area contributed by atoms with Crippen LogP contribution in [0.2, 0.25) is 0 Å². The molecule has 32 heavy (non-hydrogen) atoms. The van der Waals surface area contributed by atoms with E-state index in [4.69, 9.17) is 4.42 Å². The number of nitrogens with one attached hydrogen (secondary N) is 1. The lowest BCUT2D eigenvalue weighted by Crippen LogP contribution is -2.49. The average Bonchev–Trinajstić information content (AvgIpc) is 3.38. The van der Waals surface area contributed by atoms with Gasteiger partial charge in [-0.05, 0) is 43.4 Å². The highest BCUT2D eigenvalue weighted by Gasteiger charge is 2.30. The molecule has 7 nitrogen and oxygen atoms in total. The summed E-state index contributed by atoms with van der Waals surface area (Å²) in [5.74, 6) is -0.0384. The third-order valence-corrected chi connectivity index (χ3v) is 6.29. The first-order valence-corrected chi connectivity index (χ1v) is 11.2. The predicted molar refractivity (Wildman–Crippen MR) is 121 cm³/mol. The van der Waals surface area contributed by atoms with Crippen LogP contribution in [-0.2, 0) is 9.59 Å². The van der Waals surface area contributed by atoms with Crippen LogP contribution in [0.25, 0.3) is 6.08 Å². The van der Waals surface area contributed by atoms with Crippen molar-refractivity contribution in [2.24, 2.45) is 5.92 Å². The van der Waals surface area contributed by atoms with Crippen LogP contribution < -0.4 is 5.32 Å². The van der Waals surface area contributed by atoms with E-state index >= 15 is 0 Å². The summed E-state index contributed by atoms with van der Waals surface area (Å²) in [6.45, 7) is 2.42. The second-order valence-corrected chi connectivity index (χ2v) is 8.43. The number of hydrogen-bond acceptors (Lipinski definition) is 4. The third-order valence-electron chi connectivity index (χ3n) is 6.29. The summed E-state index contributed by atoms with van der Waals surface area (Å²) in [5, 5.41) is 3.16. The van der Waals surface area contributed by atoms with E-state index in [1.165, 1.54) is 12.5 Å². The maximum Gasteiger partial charge on any atom is 0.257 e. The summed E-state index contributed by atoms with van der Waals surface area (Å²) in [7, 11) is 0. The molecule has 0 unspecified atom stereocenters. The number of benzene rings is 1. The van der Waals surface area contributed by atoms with E-state index in [0.717, 1.165) is 18.4 Å². The fourth-order valence-corrected chi connectivity index (χ4v) is 4.31. The largest absolute Gasteiger partial charge is 0.472 e. The van der Waals surface area contributed by atoms with E-state index in [2.05, 4.69) is 5.32 Å². The SMILES string of the molecule is O=C(NC1CCN(C(=O)c2ccoc2)CC1)C1CCN(C(=O)C=Cc2ccccc2)CC1. The van der Waals surface area contributed by atoms with Crippen LogP contribution in [0.15, 0.2) is 59.4 Å². The molecule has 2 aliphatic heterocycles. The van der Waals surface area contributed by atoms with Crippen LogP contribution in [-0.4, -0.2) is 59.7 Å². The fraction of sp³-hybridized carbons (Fsp3) is 0.400. The number of carbonyl (C=O) groups is 3. The van der Waals surface area contributed by atoms with Crippen molar-refractivity contribution in [3.63, 3.8) is 0 Å². The minimum Gasteiger partial charge on any atom is -0.472 e. The highest BCUT2D eigenvalue weighted by atomic mass is 16.3. The van der Waals surface area contributed by atoms with E-state index in [1.807, 2.05) is 41.3 Å². The number of carbonyl (C=O) groups excluding carboxylic acids is 3. The third kappa shape index (κ3) is 5.46. The van der Waals surface area contributed by atoms with Crippen LogP contribution in [0.1, 0.15) is 41.6 Å². The summed E-state index contributed by atoms with van der Waals surface area (Å²) >= 11 is 0. The summed E-state index contributed by atoms with van der Waals surface area (Å²) in [6.07, 6.45) is 9.24. The lowest BCUT2D eigenvalue weighted by molar-refractivity contribution is -0.132. The molecule has 0 bridgehead atoms. The Morgan fingerprint density at radius 2 is 1.59 bits per heavy atom. The van der Waals surface area contributed by atoms with Gasteiger partial charge in [0.2, 0.25) is 11.8 Å². The van der Waals surface area contributed by atoms with E-state index in [1.54, 1.807) is 17.0 Å². The second kappa shape index (κ2) is 10.3. The van der Waals surface area contributed by atoms with Crippen LogP contribution in [0.4, 0.5) is 0 Å². The summed E-state index contributed by atoms with van der Waals surface area (Å²) in [4.78, 5) is 41.2. The number of furan rings is 1. The van der Waals surface area contributed by atoms with Crippen molar-refractivity contribution in [3.05, 3.63) is 66.1 Å². The van der Waals surface area contributed by atoms with Gasteiger partial charge >= 0.3 is 0 Å². The molecule has 3 heterocycles. The molecule has 1 N–H and O–H groups in total. The maximum atomic E-state index is 12.7. The Bertz CT molecular complexity index is 939. The minimum atomic E-state index is -0.0669. The Labute approximate surface area is 188 Å². The quantitative estimate of drug-likeness (QED) is 0.732. The van der Waals surface area contributed by atoms with Gasteiger partial charge in [0.15, 0.2) is 0 Å². The van der Waals surface area contributed by atoms with Crippen LogP contribution in [0.5, 0.6) is 0 Å². The minimum absolute atomic E-state index is 0.0117. The van der Waals surface area contributed by atoms with Gasteiger partial charge in [0.1, 0.15) is 6.26 Å². The molecule has 0 atom stereocenters. The van der Waals surface area contributed by atoms with Gasteiger partial charge in [0, 0.05) is 44.2 Å². The van der Waals surface area contributed by atoms with Crippen molar-refractivity contribution in [1.82, 2.24) is 15.1 Å². The van der Waals surface area contributed by atoms with Crippen LogP contribution in [0.3, 0.4) is 0 Å². The van der Waals surface area contributed by atoms with Gasteiger partial charge in [-0.1, -0.05) is 30.3 Å². The molecule has 0 radical (unpaired) electrons. The number of rotatable bonds is 5. The van der Waals surface area contributed by atoms with Crippen molar-refractivity contribution in [2.75, 3.05) is 26.2 Å². The number of piperidine rings is 2. The Kier molecular flexibility index (Phi) is 7.04. The first kappa shape index (κ1) is 21.9. The molecule has 2 saturated heterocycles. The van der Waals surface area contributed by atoms with Gasteiger partial charge in [0.05, 0.1) is 11.8 Å². The van der Waals surface area contributed by atoms with E-state index < -0.39 is 0 Å². The van der Waals surface area contributed by atoms with Gasteiger partial charge in [-0.3, -0.25) is 14.4 Å². The highest BCUT2D eigenvalue weighted by molar-refractivity contribution is 5.94. The van der Waals surface area contributed by atoms with E-state index in [-0.39, 0.29) is 29.7 Å². The van der Waals surface area contributed by atoms with E-state index in [0.29, 0.717) is 44.6 Å². The number of amides is 3. The smallest absolute Gasteiger partial charge is 0.257 e. The lowest BCUT2D eigenvalue weighted by Gasteiger charge is -2.34.